The van der Waals surface area contributed by atoms with Crippen molar-refractivity contribution in [2.75, 3.05) is 24.5 Å². The first-order valence-electron chi connectivity index (χ1n) is 35.8. The van der Waals surface area contributed by atoms with Gasteiger partial charge in [0.2, 0.25) is 0 Å². The van der Waals surface area contributed by atoms with E-state index in [0.29, 0.717) is 0 Å². The number of ether oxygens (including phenoxy) is 1. The molecule has 0 saturated heterocycles. The lowest BCUT2D eigenvalue weighted by Gasteiger charge is -2.47. The summed E-state index contributed by atoms with van der Waals surface area (Å²) >= 11 is 0. The van der Waals surface area contributed by atoms with Crippen molar-refractivity contribution in [1.29, 1.82) is 0 Å². The number of anilines is 15. The van der Waals surface area contributed by atoms with Crippen molar-refractivity contribution in [2.24, 2.45) is 0 Å². The van der Waals surface area contributed by atoms with Crippen molar-refractivity contribution in [2.45, 2.75) is 0 Å². The molecule has 486 valence electrons. The van der Waals surface area contributed by atoms with Crippen LogP contribution in [0.3, 0.4) is 0 Å². The molecule has 0 bridgehead atoms. The van der Waals surface area contributed by atoms with E-state index in [9.17, 15) is 0 Å². The summed E-state index contributed by atoms with van der Waals surface area (Å²) in [6.45, 7) is -0.463. The Kier molecular flexibility index (Phi) is 14.7. The predicted molar refractivity (Wildman–Crippen MR) is 437 cm³/mol. The zero-order valence-corrected chi connectivity index (χ0v) is 56.8. The lowest BCUT2D eigenvalue weighted by molar-refractivity contribution is 0.487. The summed E-state index contributed by atoms with van der Waals surface area (Å²) in [5, 5.41) is 0. The van der Waals surface area contributed by atoms with Gasteiger partial charge in [0.05, 0.1) is 22.7 Å². The maximum absolute atomic E-state index is 7.51. The number of rotatable bonds is 13. The Morgan fingerprint density at radius 3 is 0.962 bits per heavy atom. The molecule has 0 aromatic heterocycles. The second-order valence-corrected chi connectivity index (χ2v) is 27.0. The van der Waals surface area contributed by atoms with Crippen LogP contribution < -0.4 is 62.0 Å². The van der Waals surface area contributed by atoms with Crippen molar-refractivity contribution in [1.82, 2.24) is 0 Å². The molecule has 0 amide bonds. The summed E-state index contributed by atoms with van der Waals surface area (Å²) in [5.74, 6) is 1.65. The maximum Gasteiger partial charge on any atom is 0.256 e. The minimum absolute atomic E-state index is 0.224. The summed E-state index contributed by atoms with van der Waals surface area (Å²) in [7, 11) is 0. The van der Waals surface area contributed by atoms with E-state index in [4.69, 9.17) is 4.74 Å². The molecule has 0 aliphatic carbocycles. The molecule has 0 unspecified atom stereocenters. The van der Waals surface area contributed by atoms with E-state index in [1.165, 1.54) is 21.9 Å². The SMILES string of the molecule is c1ccc(-c2cccc(-c3ccccc3)c2N(c2ccccc2)c2cc3c4c(c2)N(c2ccccc2)c2cc5c(cc2B4c2ccccc2O3)B2c3ccccc3N(c3ccccc3)c3cc(N(c4ccccc4)c4c(-c6ccccc6)cccc4-c4ccccc4)cc(c32)N5c2ccccc2)cc1. The van der Waals surface area contributed by atoms with Gasteiger partial charge in [0.15, 0.2) is 0 Å². The fraction of sp³-hybridized carbons (Fsp3) is 0. The van der Waals surface area contributed by atoms with Crippen LogP contribution in [0.1, 0.15) is 0 Å². The van der Waals surface area contributed by atoms with Crippen molar-refractivity contribution < 1.29 is 4.74 Å². The minimum Gasteiger partial charge on any atom is -0.458 e. The smallest absolute Gasteiger partial charge is 0.256 e. The highest BCUT2D eigenvalue weighted by molar-refractivity contribution is 7.02. The second kappa shape index (κ2) is 25.3. The minimum atomic E-state index is -0.239. The summed E-state index contributed by atoms with van der Waals surface area (Å²) < 4.78 is 7.51. The van der Waals surface area contributed by atoms with Gasteiger partial charge in [0.25, 0.3) is 13.4 Å². The first-order valence-corrected chi connectivity index (χ1v) is 35.8. The van der Waals surface area contributed by atoms with Crippen LogP contribution in [0.2, 0.25) is 0 Å². The molecular weight excluding hydrogens is 1260 g/mol. The molecule has 4 aliphatic rings. The van der Waals surface area contributed by atoms with Gasteiger partial charge in [-0.3, -0.25) is 0 Å². The topological polar surface area (TPSA) is 25.4 Å². The van der Waals surface area contributed by atoms with Crippen molar-refractivity contribution in [3.8, 4) is 56.0 Å². The highest BCUT2D eigenvalue weighted by atomic mass is 16.5. The van der Waals surface area contributed by atoms with Crippen molar-refractivity contribution in [3.05, 3.63) is 394 Å². The average Bonchev–Trinajstić information content (AvgIpc) is 0.682. The van der Waals surface area contributed by atoms with Crippen LogP contribution in [0.5, 0.6) is 11.5 Å². The number of para-hydroxylation sites is 9. The maximum atomic E-state index is 7.51. The van der Waals surface area contributed by atoms with Crippen LogP contribution in [0, 0.1) is 0 Å². The lowest BCUT2D eigenvalue weighted by atomic mass is 9.30. The normalized spacial score (nSPS) is 12.6. The molecule has 0 radical (unpaired) electrons. The van der Waals surface area contributed by atoms with Crippen LogP contribution in [-0.4, -0.2) is 13.4 Å². The summed E-state index contributed by atoms with van der Waals surface area (Å²) in [4.78, 5) is 12.6. The second-order valence-electron chi connectivity index (χ2n) is 27.0. The van der Waals surface area contributed by atoms with E-state index in [2.05, 4.69) is 419 Å². The summed E-state index contributed by atoms with van der Waals surface area (Å²) in [5.41, 5.74) is 31.9. The van der Waals surface area contributed by atoms with Gasteiger partial charge in [-0.2, -0.15) is 0 Å². The molecular formula is C96H65B2N5O. The predicted octanol–water partition coefficient (Wildman–Crippen LogP) is 21.8. The Bertz CT molecular complexity index is 5800. The number of hydrogen-bond acceptors (Lipinski definition) is 6. The van der Waals surface area contributed by atoms with E-state index >= 15 is 0 Å². The third-order valence-electron chi connectivity index (χ3n) is 21.2. The molecule has 16 aromatic carbocycles. The molecule has 8 heteroatoms. The van der Waals surface area contributed by atoms with Gasteiger partial charge >= 0.3 is 0 Å². The van der Waals surface area contributed by atoms with E-state index in [-0.39, 0.29) is 13.4 Å². The number of nitrogens with zero attached hydrogens (tertiary/aromatic N) is 5. The Hall–Kier alpha value is -13.6. The number of benzene rings is 16. The van der Waals surface area contributed by atoms with E-state index < -0.39 is 0 Å². The highest BCUT2D eigenvalue weighted by Gasteiger charge is 2.49. The molecule has 104 heavy (non-hydrogen) atoms. The fourth-order valence-electron chi connectivity index (χ4n) is 16.9. The van der Waals surface area contributed by atoms with Gasteiger partial charge in [-0.25, -0.2) is 0 Å². The van der Waals surface area contributed by atoms with Crippen LogP contribution in [0.15, 0.2) is 394 Å². The molecule has 0 N–H and O–H groups in total. The average molecular weight is 1330 g/mol. The molecule has 0 saturated carbocycles. The first-order chi connectivity index (χ1) is 51.7. The summed E-state index contributed by atoms with van der Waals surface area (Å²) in [6.07, 6.45) is 0. The third-order valence-corrected chi connectivity index (χ3v) is 21.2. The first kappa shape index (κ1) is 60.4. The molecule has 0 fully saturated rings. The van der Waals surface area contributed by atoms with Crippen LogP contribution >= 0.6 is 0 Å². The van der Waals surface area contributed by atoms with Crippen molar-refractivity contribution in [3.63, 3.8) is 0 Å². The van der Waals surface area contributed by atoms with Crippen LogP contribution in [-0.2, 0) is 0 Å². The Morgan fingerprint density at radius 1 is 0.212 bits per heavy atom. The lowest BCUT2D eigenvalue weighted by Crippen LogP contribution is -2.64. The molecule has 4 heterocycles. The monoisotopic (exact) mass is 1330 g/mol. The molecule has 0 atom stereocenters. The fourth-order valence-corrected chi connectivity index (χ4v) is 16.9. The molecule has 6 nitrogen and oxygen atoms in total. The van der Waals surface area contributed by atoms with Crippen molar-refractivity contribution >= 4 is 132 Å². The Labute approximate surface area is 607 Å². The third kappa shape index (κ3) is 9.97. The van der Waals surface area contributed by atoms with Gasteiger partial charge < -0.3 is 29.2 Å². The van der Waals surface area contributed by atoms with Crippen LogP contribution in [0.25, 0.3) is 44.5 Å². The van der Waals surface area contributed by atoms with Gasteiger partial charge in [-0.1, -0.05) is 291 Å². The van der Waals surface area contributed by atoms with Gasteiger partial charge in [0, 0.05) is 90.9 Å². The quantitative estimate of drug-likeness (QED) is 0.107. The largest absolute Gasteiger partial charge is 0.458 e. The Balaban J connectivity index is 0.886. The molecule has 20 rings (SSSR count). The summed E-state index contributed by atoms with van der Waals surface area (Å²) in [6, 6.07) is 145. The number of fused-ring (bicyclic) bond motifs is 8. The molecule has 0 spiro atoms. The molecule has 16 aromatic rings. The standard InChI is InChI=1S/C96H65B2N5O/c1-10-34-66(35-11-1)77-52-32-53-78(67-36-12-2-13-37-67)95(77)99(70-42-18-5-19-43-70)75-60-88-93-89(61-75)102(73-48-24-8-25-49-73)86-65-87-84(64-83(86)97(93)81-56-28-30-58-85(81)101(88)72-46-22-7-23-47-72)98-82-57-29-31-59-91(82)104-92-63-76(62-90(94(92)98)103(87)74-50-26-9-27-51-74)100(71-44-20-6-21-45-71)96-79(68-38-14-3-15-39-68)54-33-55-80(96)69-40-16-4-17-41-69/h1-65H. The zero-order chi connectivity index (χ0) is 68.6. The number of hydrogen-bond donors (Lipinski definition) is 0. The van der Waals surface area contributed by atoms with Crippen LogP contribution in [0.4, 0.5) is 85.3 Å². The van der Waals surface area contributed by atoms with E-state index in [1.807, 2.05) is 0 Å². The van der Waals surface area contributed by atoms with Gasteiger partial charge in [0.1, 0.15) is 11.5 Å². The van der Waals surface area contributed by atoms with Gasteiger partial charge in [-0.15, -0.1) is 0 Å². The Morgan fingerprint density at radius 2 is 0.538 bits per heavy atom. The zero-order valence-electron chi connectivity index (χ0n) is 56.8. The van der Waals surface area contributed by atoms with E-state index in [1.54, 1.807) is 0 Å². The highest BCUT2D eigenvalue weighted by Crippen LogP contribution is 2.55. The van der Waals surface area contributed by atoms with Gasteiger partial charge in [-0.05, 0) is 152 Å². The van der Waals surface area contributed by atoms with E-state index in [0.717, 1.165) is 152 Å². The molecule has 4 aliphatic heterocycles.